The van der Waals surface area contributed by atoms with Crippen molar-refractivity contribution in [3.63, 3.8) is 0 Å². The van der Waals surface area contributed by atoms with Crippen molar-refractivity contribution < 1.29 is 8.42 Å². The summed E-state index contributed by atoms with van der Waals surface area (Å²) in [5.41, 5.74) is 0. The van der Waals surface area contributed by atoms with Crippen LogP contribution in [0.4, 0.5) is 0 Å². The SMILES string of the molecule is CS(=O)(=O)N1CCCC(CC2CCNC2)C1. The predicted octanol–water partition coefficient (Wildman–Crippen LogP) is 0.658. The molecule has 0 radical (unpaired) electrons. The highest BCUT2D eigenvalue weighted by atomic mass is 32.2. The van der Waals surface area contributed by atoms with Crippen molar-refractivity contribution in [3.8, 4) is 0 Å². The summed E-state index contributed by atoms with van der Waals surface area (Å²) in [6.07, 6.45) is 6.00. The topological polar surface area (TPSA) is 49.4 Å². The fourth-order valence-corrected chi connectivity index (χ4v) is 3.85. The van der Waals surface area contributed by atoms with Gasteiger partial charge >= 0.3 is 0 Å². The molecule has 0 aromatic carbocycles. The van der Waals surface area contributed by atoms with E-state index >= 15 is 0 Å². The summed E-state index contributed by atoms with van der Waals surface area (Å²) in [5.74, 6) is 1.35. The van der Waals surface area contributed by atoms with Crippen LogP contribution in [-0.4, -0.2) is 45.2 Å². The van der Waals surface area contributed by atoms with E-state index in [0.29, 0.717) is 5.92 Å². The molecule has 4 nitrogen and oxygen atoms in total. The Hall–Kier alpha value is -0.130. The standard InChI is InChI=1S/C11H22N2O2S/c1-16(14,15)13-6-2-3-11(9-13)7-10-4-5-12-8-10/h10-12H,2-9H2,1H3. The molecule has 2 unspecified atom stereocenters. The van der Waals surface area contributed by atoms with Gasteiger partial charge in [0.2, 0.25) is 10.0 Å². The highest BCUT2D eigenvalue weighted by Crippen LogP contribution is 2.26. The molecule has 0 amide bonds. The summed E-state index contributed by atoms with van der Waals surface area (Å²) in [5, 5.41) is 3.37. The Morgan fingerprint density at radius 2 is 2.12 bits per heavy atom. The average Bonchev–Trinajstić information content (AvgIpc) is 2.70. The van der Waals surface area contributed by atoms with Gasteiger partial charge in [-0.05, 0) is 50.6 Å². The minimum Gasteiger partial charge on any atom is -0.316 e. The molecular formula is C11H22N2O2S. The normalized spacial score (nSPS) is 33.1. The zero-order chi connectivity index (χ0) is 11.6. The predicted molar refractivity (Wildman–Crippen MR) is 64.7 cm³/mol. The van der Waals surface area contributed by atoms with Crippen LogP contribution in [0.5, 0.6) is 0 Å². The molecule has 0 saturated carbocycles. The molecule has 16 heavy (non-hydrogen) atoms. The van der Waals surface area contributed by atoms with E-state index in [4.69, 9.17) is 0 Å². The van der Waals surface area contributed by atoms with Gasteiger partial charge in [-0.1, -0.05) is 0 Å². The monoisotopic (exact) mass is 246 g/mol. The molecule has 94 valence electrons. The number of hydrogen-bond acceptors (Lipinski definition) is 3. The Morgan fingerprint density at radius 3 is 2.75 bits per heavy atom. The van der Waals surface area contributed by atoms with E-state index < -0.39 is 10.0 Å². The van der Waals surface area contributed by atoms with E-state index in [1.165, 1.54) is 25.5 Å². The molecular weight excluding hydrogens is 224 g/mol. The lowest BCUT2D eigenvalue weighted by Gasteiger charge is -2.32. The molecule has 5 heteroatoms. The first-order valence-electron chi connectivity index (χ1n) is 6.21. The van der Waals surface area contributed by atoms with Gasteiger partial charge in [0.15, 0.2) is 0 Å². The maximum atomic E-state index is 11.5. The maximum absolute atomic E-state index is 11.5. The molecule has 0 aromatic heterocycles. The fourth-order valence-electron chi connectivity index (χ4n) is 2.91. The van der Waals surface area contributed by atoms with Gasteiger partial charge in [0.25, 0.3) is 0 Å². The van der Waals surface area contributed by atoms with Crippen molar-refractivity contribution in [2.24, 2.45) is 11.8 Å². The second kappa shape index (κ2) is 5.02. The van der Waals surface area contributed by atoms with Gasteiger partial charge in [0.1, 0.15) is 0 Å². The number of sulfonamides is 1. The minimum absolute atomic E-state index is 0.577. The molecule has 2 rings (SSSR count). The van der Waals surface area contributed by atoms with Gasteiger partial charge < -0.3 is 5.32 Å². The molecule has 2 heterocycles. The molecule has 1 N–H and O–H groups in total. The van der Waals surface area contributed by atoms with Crippen LogP contribution >= 0.6 is 0 Å². The number of nitrogens with zero attached hydrogens (tertiary/aromatic N) is 1. The lowest BCUT2D eigenvalue weighted by Crippen LogP contribution is -2.39. The van der Waals surface area contributed by atoms with Crippen LogP contribution in [-0.2, 0) is 10.0 Å². The Bertz CT molecular complexity index is 323. The molecule has 2 saturated heterocycles. The number of piperidine rings is 1. The second-order valence-corrected chi connectivity index (χ2v) is 7.21. The fraction of sp³-hybridized carbons (Fsp3) is 1.00. The van der Waals surface area contributed by atoms with Crippen LogP contribution in [0.15, 0.2) is 0 Å². The minimum atomic E-state index is -2.97. The first-order chi connectivity index (χ1) is 7.55. The number of rotatable bonds is 3. The van der Waals surface area contributed by atoms with E-state index in [-0.39, 0.29) is 0 Å². The highest BCUT2D eigenvalue weighted by Gasteiger charge is 2.28. The van der Waals surface area contributed by atoms with Gasteiger partial charge in [0, 0.05) is 13.1 Å². The van der Waals surface area contributed by atoms with Crippen molar-refractivity contribution in [2.75, 3.05) is 32.4 Å². The third-order valence-electron chi connectivity index (χ3n) is 3.78. The summed E-state index contributed by atoms with van der Waals surface area (Å²) >= 11 is 0. The van der Waals surface area contributed by atoms with Crippen molar-refractivity contribution >= 4 is 10.0 Å². The largest absolute Gasteiger partial charge is 0.316 e. The van der Waals surface area contributed by atoms with Crippen LogP contribution in [0.1, 0.15) is 25.7 Å². The van der Waals surface area contributed by atoms with Crippen molar-refractivity contribution in [3.05, 3.63) is 0 Å². The zero-order valence-corrected chi connectivity index (χ0v) is 10.8. The van der Waals surface area contributed by atoms with Crippen molar-refractivity contribution in [2.45, 2.75) is 25.7 Å². The molecule has 2 aliphatic heterocycles. The molecule has 0 aliphatic carbocycles. The van der Waals surface area contributed by atoms with Gasteiger partial charge in [-0.3, -0.25) is 0 Å². The Kier molecular flexibility index (Phi) is 3.87. The molecule has 0 spiro atoms. The van der Waals surface area contributed by atoms with Gasteiger partial charge in [-0.2, -0.15) is 0 Å². The van der Waals surface area contributed by atoms with E-state index in [1.54, 1.807) is 4.31 Å². The lowest BCUT2D eigenvalue weighted by atomic mass is 9.88. The zero-order valence-electron chi connectivity index (χ0n) is 9.98. The smallest absolute Gasteiger partial charge is 0.211 e. The molecule has 0 aromatic rings. The number of nitrogens with one attached hydrogen (secondary N) is 1. The summed E-state index contributed by atoms with van der Waals surface area (Å²) < 4.78 is 24.6. The Morgan fingerprint density at radius 1 is 1.31 bits per heavy atom. The van der Waals surface area contributed by atoms with E-state index in [2.05, 4.69) is 5.32 Å². The van der Waals surface area contributed by atoms with Crippen LogP contribution in [0, 0.1) is 11.8 Å². The average molecular weight is 246 g/mol. The third-order valence-corrected chi connectivity index (χ3v) is 5.05. The van der Waals surface area contributed by atoms with Crippen LogP contribution in [0.3, 0.4) is 0 Å². The van der Waals surface area contributed by atoms with Gasteiger partial charge in [-0.25, -0.2) is 12.7 Å². The summed E-state index contributed by atoms with van der Waals surface area (Å²) in [6, 6.07) is 0. The highest BCUT2D eigenvalue weighted by molar-refractivity contribution is 7.88. The molecule has 2 fully saturated rings. The van der Waals surface area contributed by atoms with E-state index in [0.717, 1.165) is 38.5 Å². The molecule has 0 bridgehead atoms. The molecule has 2 atom stereocenters. The summed E-state index contributed by atoms with van der Waals surface area (Å²) in [4.78, 5) is 0. The third kappa shape index (κ3) is 3.18. The van der Waals surface area contributed by atoms with Crippen molar-refractivity contribution in [1.82, 2.24) is 9.62 Å². The summed E-state index contributed by atoms with van der Waals surface area (Å²) in [7, 11) is -2.97. The molecule has 2 aliphatic rings. The second-order valence-electron chi connectivity index (χ2n) is 5.22. The van der Waals surface area contributed by atoms with E-state index in [1.807, 2.05) is 0 Å². The van der Waals surface area contributed by atoms with Gasteiger partial charge in [0.05, 0.1) is 6.26 Å². The number of hydrogen-bond donors (Lipinski definition) is 1. The first-order valence-corrected chi connectivity index (χ1v) is 8.06. The lowest BCUT2D eigenvalue weighted by molar-refractivity contribution is 0.235. The van der Waals surface area contributed by atoms with Crippen LogP contribution < -0.4 is 5.32 Å². The van der Waals surface area contributed by atoms with E-state index in [9.17, 15) is 8.42 Å². The van der Waals surface area contributed by atoms with Crippen LogP contribution in [0.2, 0.25) is 0 Å². The van der Waals surface area contributed by atoms with Crippen molar-refractivity contribution in [1.29, 1.82) is 0 Å². The Balaban J connectivity index is 1.86. The van der Waals surface area contributed by atoms with Crippen LogP contribution in [0.25, 0.3) is 0 Å². The summed E-state index contributed by atoms with van der Waals surface area (Å²) in [6.45, 7) is 3.72. The van der Waals surface area contributed by atoms with Gasteiger partial charge in [-0.15, -0.1) is 0 Å². The first kappa shape index (κ1) is 12.3. The maximum Gasteiger partial charge on any atom is 0.211 e. The Labute approximate surface area is 98.4 Å². The quantitative estimate of drug-likeness (QED) is 0.796.